The first-order valence-corrected chi connectivity index (χ1v) is 9.36. The number of quaternary nitrogens is 1. The lowest BCUT2D eigenvalue weighted by Crippen LogP contribution is -2.41. The fourth-order valence-electron chi connectivity index (χ4n) is 2.37. The molecule has 0 saturated heterocycles. The van der Waals surface area contributed by atoms with Gasteiger partial charge in [0.1, 0.15) is 0 Å². The van der Waals surface area contributed by atoms with Gasteiger partial charge >= 0.3 is 0 Å². The third-order valence-electron chi connectivity index (χ3n) is 3.73. The molecule has 0 rings (SSSR count). The average molecular weight is 259 g/mol. The Hall–Kier alpha value is 0.177. The maximum atomic E-state index is 2.40. The monoisotopic (exact) mass is 258 g/mol. The third kappa shape index (κ3) is 12.4. The number of rotatable bonds is 12. The molecule has 0 unspecified atom stereocenters. The molecule has 1 nitrogen and oxygen atoms in total. The zero-order valence-electron chi connectivity index (χ0n) is 12.9. The van der Waals surface area contributed by atoms with E-state index in [1.54, 1.807) is 0 Å². The highest BCUT2D eigenvalue weighted by Gasteiger charge is 2.12. The summed E-state index contributed by atoms with van der Waals surface area (Å²) >= 11 is 0. The van der Waals surface area contributed by atoms with Crippen molar-refractivity contribution in [2.24, 2.45) is 0 Å². The first-order chi connectivity index (χ1) is 8.12. The lowest BCUT2D eigenvalue weighted by atomic mass is 10.1. The Balaban J connectivity index is 3.26. The van der Waals surface area contributed by atoms with Crippen LogP contribution >= 0.6 is 0 Å². The largest absolute Gasteiger partial charge is 0.328 e. The van der Waals surface area contributed by atoms with Crippen LogP contribution in [-0.2, 0) is 0 Å². The standard InChI is InChI=1S/C15H36NSi/c1-4-5-6-7-8-9-10-11-13-16(2,3)14-12-15-17/h4-15H2,1-3,17H3/q+1. The molecular weight excluding hydrogens is 222 g/mol. The molecule has 0 saturated carbocycles. The van der Waals surface area contributed by atoms with Crippen LogP contribution in [-0.4, -0.2) is 41.9 Å². The minimum atomic E-state index is 1.25. The Morgan fingerprint density at radius 3 is 1.71 bits per heavy atom. The van der Waals surface area contributed by atoms with Crippen molar-refractivity contribution in [3.8, 4) is 0 Å². The number of unbranched alkanes of at least 4 members (excludes halogenated alkanes) is 7. The topological polar surface area (TPSA) is 0 Å². The van der Waals surface area contributed by atoms with E-state index in [1.807, 2.05) is 0 Å². The average Bonchev–Trinajstić information content (AvgIpc) is 2.30. The summed E-state index contributed by atoms with van der Waals surface area (Å²) in [5.74, 6) is 0. The van der Waals surface area contributed by atoms with E-state index in [1.165, 1.54) is 91.6 Å². The van der Waals surface area contributed by atoms with Crippen LogP contribution in [0.4, 0.5) is 0 Å². The van der Waals surface area contributed by atoms with Crippen molar-refractivity contribution in [2.75, 3.05) is 27.2 Å². The van der Waals surface area contributed by atoms with Gasteiger partial charge in [-0.2, -0.15) is 0 Å². The predicted molar refractivity (Wildman–Crippen MR) is 83.8 cm³/mol. The van der Waals surface area contributed by atoms with Crippen LogP contribution in [0.5, 0.6) is 0 Å². The molecule has 0 spiro atoms. The summed E-state index contributed by atoms with van der Waals surface area (Å²) in [6, 6.07) is 1.47. The Labute approximate surface area is 113 Å². The zero-order chi connectivity index (χ0) is 13.0. The Kier molecular flexibility index (Phi) is 11.4. The van der Waals surface area contributed by atoms with E-state index in [-0.39, 0.29) is 0 Å². The van der Waals surface area contributed by atoms with Crippen LogP contribution < -0.4 is 0 Å². The van der Waals surface area contributed by atoms with Crippen LogP contribution in [0.3, 0.4) is 0 Å². The normalized spacial score (nSPS) is 12.2. The van der Waals surface area contributed by atoms with E-state index in [2.05, 4.69) is 21.0 Å². The van der Waals surface area contributed by atoms with Gasteiger partial charge in [-0.25, -0.2) is 0 Å². The lowest BCUT2D eigenvalue weighted by molar-refractivity contribution is -0.890. The Morgan fingerprint density at radius 2 is 1.18 bits per heavy atom. The fourth-order valence-corrected chi connectivity index (χ4v) is 2.69. The highest BCUT2D eigenvalue weighted by Crippen LogP contribution is 2.10. The van der Waals surface area contributed by atoms with Gasteiger partial charge in [-0.05, 0) is 19.3 Å². The molecule has 0 amide bonds. The van der Waals surface area contributed by atoms with Gasteiger partial charge in [0.05, 0.1) is 27.2 Å². The molecule has 0 radical (unpaired) electrons. The molecule has 2 heteroatoms. The summed E-state index contributed by atoms with van der Waals surface area (Å²) in [5.41, 5.74) is 0. The fraction of sp³-hybridized carbons (Fsp3) is 1.00. The van der Waals surface area contributed by atoms with Crippen molar-refractivity contribution >= 4 is 10.2 Å². The lowest BCUT2D eigenvalue weighted by Gasteiger charge is -2.29. The van der Waals surface area contributed by atoms with Gasteiger partial charge in [-0.3, -0.25) is 0 Å². The molecular formula is C15H36NSi+. The molecule has 0 aliphatic heterocycles. The SMILES string of the molecule is CCCCCCCCCC[N+](C)(C)CCC[SiH3]. The van der Waals surface area contributed by atoms with Crippen molar-refractivity contribution in [3.05, 3.63) is 0 Å². The van der Waals surface area contributed by atoms with E-state index >= 15 is 0 Å². The summed E-state index contributed by atoms with van der Waals surface area (Å²) in [7, 11) is 6.18. The number of nitrogens with zero attached hydrogens (tertiary/aromatic N) is 1. The Morgan fingerprint density at radius 1 is 0.706 bits per heavy atom. The maximum Gasteiger partial charge on any atom is 0.0782 e. The van der Waals surface area contributed by atoms with Crippen LogP contribution in [0, 0.1) is 0 Å². The van der Waals surface area contributed by atoms with Gasteiger partial charge in [0.25, 0.3) is 0 Å². The first-order valence-electron chi connectivity index (χ1n) is 7.94. The van der Waals surface area contributed by atoms with Gasteiger partial charge in [0.2, 0.25) is 0 Å². The molecule has 0 atom stereocenters. The molecule has 0 aromatic rings. The molecule has 0 aliphatic rings. The molecule has 0 aliphatic carbocycles. The summed E-state index contributed by atoms with van der Waals surface area (Å²) in [6.45, 7) is 5.06. The van der Waals surface area contributed by atoms with Crippen LogP contribution in [0.2, 0.25) is 6.04 Å². The van der Waals surface area contributed by atoms with E-state index < -0.39 is 0 Å². The highest BCUT2D eigenvalue weighted by atomic mass is 28.1. The molecule has 104 valence electrons. The molecule has 0 aromatic heterocycles. The van der Waals surface area contributed by atoms with Gasteiger partial charge in [0, 0.05) is 10.2 Å². The van der Waals surface area contributed by atoms with Crippen molar-refractivity contribution in [2.45, 2.75) is 70.8 Å². The smallest absolute Gasteiger partial charge is 0.0782 e. The van der Waals surface area contributed by atoms with Crippen LogP contribution in [0.25, 0.3) is 0 Å². The predicted octanol–water partition coefficient (Wildman–Crippen LogP) is 3.38. The van der Waals surface area contributed by atoms with Gasteiger partial charge < -0.3 is 4.48 Å². The summed E-state index contributed by atoms with van der Waals surface area (Å²) in [5, 5.41) is 0. The van der Waals surface area contributed by atoms with Gasteiger partial charge in [0.15, 0.2) is 0 Å². The Bertz CT molecular complexity index is 157. The number of hydrogen-bond donors (Lipinski definition) is 0. The molecule has 0 heterocycles. The van der Waals surface area contributed by atoms with E-state index in [4.69, 9.17) is 0 Å². The van der Waals surface area contributed by atoms with Gasteiger partial charge in [-0.15, -0.1) is 0 Å². The summed E-state index contributed by atoms with van der Waals surface area (Å²) in [4.78, 5) is 0. The summed E-state index contributed by atoms with van der Waals surface area (Å²) < 4.78 is 1.25. The minimum absolute atomic E-state index is 1.25. The molecule has 0 fully saturated rings. The van der Waals surface area contributed by atoms with Crippen molar-refractivity contribution < 1.29 is 4.48 Å². The molecule has 0 N–H and O–H groups in total. The highest BCUT2D eigenvalue weighted by molar-refractivity contribution is 6.08. The van der Waals surface area contributed by atoms with Crippen molar-refractivity contribution in [1.82, 2.24) is 0 Å². The minimum Gasteiger partial charge on any atom is -0.328 e. The van der Waals surface area contributed by atoms with Crippen LogP contribution in [0.1, 0.15) is 64.7 Å². The van der Waals surface area contributed by atoms with Crippen molar-refractivity contribution in [3.63, 3.8) is 0 Å². The second-order valence-electron chi connectivity index (χ2n) is 6.21. The van der Waals surface area contributed by atoms with Gasteiger partial charge in [-0.1, -0.05) is 51.5 Å². The van der Waals surface area contributed by atoms with E-state index in [9.17, 15) is 0 Å². The quantitative estimate of drug-likeness (QED) is 0.286. The molecule has 17 heavy (non-hydrogen) atoms. The molecule has 0 bridgehead atoms. The third-order valence-corrected chi connectivity index (χ3v) is 4.44. The number of hydrogen-bond acceptors (Lipinski definition) is 0. The molecule has 0 aromatic carbocycles. The summed E-state index contributed by atoms with van der Waals surface area (Å²) in [6.07, 6.45) is 13.0. The second kappa shape index (κ2) is 11.3. The van der Waals surface area contributed by atoms with E-state index in [0.29, 0.717) is 0 Å². The van der Waals surface area contributed by atoms with Crippen molar-refractivity contribution in [1.29, 1.82) is 0 Å². The second-order valence-corrected chi connectivity index (χ2v) is 7.21. The first kappa shape index (κ1) is 17.2. The van der Waals surface area contributed by atoms with Crippen LogP contribution in [0.15, 0.2) is 0 Å². The zero-order valence-corrected chi connectivity index (χ0v) is 14.9. The maximum absolute atomic E-state index is 2.40. The van der Waals surface area contributed by atoms with E-state index in [0.717, 1.165) is 0 Å².